The fourth-order valence-electron chi connectivity index (χ4n) is 13.2. The molecule has 4 aromatic heterocycles. The van der Waals surface area contributed by atoms with Crippen LogP contribution < -0.4 is 4.74 Å². The van der Waals surface area contributed by atoms with Gasteiger partial charge in [0, 0.05) is 77.8 Å². The van der Waals surface area contributed by atoms with Gasteiger partial charge in [0.15, 0.2) is 0 Å². The van der Waals surface area contributed by atoms with Crippen molar-refractivity contribution in [3.05, 3.63) is 267 Å². The first-order valence-corrected chi connectivity index (χ1v) is 43.9. The zero-order valence-corrected chi connectivity index (χ0v) is 74.3. The number of carboxylic acids is 1. The van der Waals surface area contributed by atoms with Crippen molar-refractivity contribution < 1.29 is 28.2 Å². The molecule has 0 radical (unpaired) electrons. The van der Waals surface area contributed by atoms with Gasteiger partial charge in [-0.2, -0.15) is 0 Å². The number of methoxy groups -OCH3 is 1. The number of hydrogen-bond acceptors (Lipinski definition) is 11. The van der Waals surface area contributed by atoms with E-state index in [-0.39, 0.29) is 11.6 Å². The summed E-state index contributed by atoms with van der Waals surface area (Å²) in [4.78, 5) is 31.7. The SMILES string of the molecule is CC1CCCCN1C.CCCc1ccc(F)cc1.CCc1ccc(C(=O)O)cc1.CCc1ccc(F)cc1.CCc1cccc(OC)c1.CCc1ccncc1.CCc1ccncc1Cl.CN1CCCC1.CN1CCCCC1.CN1CCCCCC1.Cc1cc2ccccc2n1CCCN1CCOCC1.Cc1cc2ccccc2s1. The fourth-order valence-corrected chi connectivity index (χ4v) is 14.4. The predicted octanol–water partition coefficient (Wildman–Crippen LogP) is 24.0. The normalized spacial score (nSPS) is 15.4. The van der Waals surface area contributed by atoms with Gasteiger partial charge in [-0.15, -0.1) is 11.3 Å². The molecule has 5 fully saturated rings. The maximum absolute atomic E-state index is 12.3. The Hall–Kier alpha value is -7.70. The summed E-state index contributed by atoms with van der Waals surface area (Å²) in [5, 5.41) is 12.0. The maximum Gasteiger partial charge on any atom is 0.335 e. The molecule has 1 atom stereocenters. The Morgan fingerprint density at radius 1 is 0.522 bits per heavy atom. The summed E-state index contributed by atoms with van der Waals surface area (Å²) in [5.41, 5.74) is 10.5. The van der Waals surface area contributed by atoms with E-state index in [1.165, 1.54) is 214 Å². The molecule has 0 aliphatic carbocycles. The van der Waals surface area contributed by atoms with Crippen LogP contribution in [0.4, 0.5) is 8.78 Å². The lowest BCUT2D eigenvalue weighted by molar-refractivity contribution is 0.0369. The number of aromatic nitrogens is 3. The number of nitrogens with zero attached hydrogens (tertiary/aromatic N) is 8. The van der Waals surface area contributed by atoms with E-state index < -0.39 is 5.97 Å². The summed E-state index contributed by atoms with van der Waals surface area (Å²) in [6, 6.07) is 56.7. The van der Waals surface area contributed by atoms with Crippen LogP contribution in [0.1, 0.15) is 193 Å². The molecule has 10 aromatic rings. The third-order valence-corrected chi connectivity index (χ3v) is 22.1. The van der Waals surface area contributed by atoms with E-state index in [4.69, 9.17) is 26.2 Å². The lowest BCUT2D eigenvalue weighted by atomic mass is 10.1. The first kappa shape index (κ1) is 99.7. The van der Waals surface area contributed by atoms with Crippen LogP contribution >= 0.6 is 22.9 Å². The van der Waals surface area contributed by atoms with Crippen LogP contribution in [0, 0.1) is 25.5 Å². The Bertz CT molecular complexity index is 3980. The molecule has 5 saturated heterocycles. The van der Waals surface area contributed by atoms with Crippen molar-refractivity contribution in [3.63, 3.8) is 0 Å². The number of piperidine rings is 2. The molecule has 0 saturated carbocycles. The third kappa shape index (κ3) is 44.4. The van der Waals surface area contributed by atoms with Gasteiger partial charge in [0.2, 0.25) is 0 Å². The molecule has 5 aliphatic heterocycles. The van der Waals surface area contributed by atoms with Crippen molar-refractivity contribution in [2.24, 2.45) is 0 Å². The molecule has 1 unspecified atom stereocenters. The van der Waals surface area contributed by atoms with Crippen molar-refractivity contribution >= 4 is 49.9 Å². The zero-order chi connectivity index (χ0) is 83.6. The van der Waals surface area contributed by atoms with E-state index >= 15 is 0 Å². The van der Waals surface area contributed by atoms with Gasteiger partial charge >= 0.3 is 5.97 Å². The summed E-state index contributed by atoms with van der Waals surface area (Å²) in [5.74, 6) is -0.237. The minimum absolute atomic E-state index is 0.153. The standard InChI is InChI=1S/C16H22N2O.C9H11F.C9H10O2.C9H12O.C9H8S.C8H9F.C7H8ClN.2C7H15N.C7H9N.C6H13N.C5H11N/c1-14-13-15-5-2-3-6-16(15)18(14)8-4-7-17-9-11-19-12-10-17;1-2-3-8-4-6-9(10)7-5-8;1-2-7-3-5-8(6-4-7)9(10)11;1-3-8-5-4-6-9(7-8)10-2;1-7-6-8-4-2-3-5-9(8)10-7;1-2-7-3-5-8(9)6-4-7;1-2-6-3-4-9-5-7(6)8;1-7-5-3-4-6-8(7)2;1-8-6-4-2-3-5-7-8;1-2-7-3-5-8-6-4-7;1-7-5-3-2-4-6-7;1-6-4-2-3-5-6/h2-3,5-6,13H,4,7-12H2,1H3;4-7H,2-3H2,1H3;3-6H,2H2,1H3,(H,10,11);4-7H,3H2,1-2H3;2-6H,1H3;3-6H,2H2,1H3;3-5H,2H2,1H3;7H,3-6H2,1-2H3;2-7H2,1H3;3-6H,2H2,1H3;2-6H2,1H3;2-5H2,1H3. The minimum atomic E-state index is -0.868. The highest BCUT2D eigenvalue weighted by atomic mass is 35.5. The second kappa shape index (κ2) is 61.6. The molecule has 16 heteroatoms. The van der Waals surface area contributed by atoms with Gasteiger partial charge in [-0.25, -0.2) is 13.6 Å². The van der Waals surface area contributed by atoms with Crippen LogP contribution in [-0.4, -0.2) is 170 Å². The number of halogens is 3. The van der Waals surface area contributed by atoms with Crippen molar-refractivity contribution in [3.8, 4) is 5.75 Å². The van der Waals surface area contributed by atoms with Crippen LogP contribution in [0.25, 0.3) is 21.0 Å². The van der Waals surface area contributed by atoms with Crippen LogP contribution in [0.2, 0.25) is 5.02 Å². The minimum Gasteiger partial charge on any atom is -0.497 e. The number of rotatable bonds is 13. The maximum atomic E-state index is 12.3. The molecule has 5 aliphatic rings. The van der Waals surface area contributed by atoms with Gasteiger partial charge in [0.1, 0.15) is 17.4 Å². The Labute approximate surface area is 702 Å². The highest BCUT2D eigenvalue weighted by Gasteiger charge is 2.14. The number of aromatic carboxylic acids is 1. The fraction of sp³-hybridized carbons (Fsp3) is 0.485. The topological polar surface area (TPSA) is 103 Å². The molecule has 0 bridgehead atoms. The molecule has 0 amide bonds. The van der Waals surface area contributed by atoms with Gasteiger partial charge < -0.3 is 38.7 Å². The van der Waals surface area contributed by atoms with Gasteiger partial charge in [0.25, 0.3) is 0 Å². The highest BCUT2D eigenvalue weighted by Crippen LogP contribution is 2.25. The molecule has 12 nitrogen and oxygen atoms in total. The number of morpholine rings is 1. The van der Waals surface area contributed by atoms with Crippen LogP contribution in [0.5, 0.6) is 5.75 Å². The number of carboxylic acid groups (broad SMARTS) is 1. The summed E-state index contributed by atoms with van der Waals surface area (Å²) in [6.07, 6.45) is 32.5. The van der Waals surface area contributed by atoms with Crippen molar-refractivity contribution in [2.75, 3.05) is 114 Å². The summed E-state index contributed by atoms with van der Waals surface area (Å²) in [6.45, 7) is 34.7. The Kier molecular flexibility index (Phi) is 53.4. The molecule has 6 aromatic carbocycles. The highest BCUT2D eigenvalue weighted by molar-refractivity contribution is 7.19. The average molecular weight is 1610 g/mol. The Balaban J connectivity index is 0.000000268. The summed E-state index contributed by atoms with van der Waals surface area (Å²) < 4.78 is 38.8. The molecule has 0 spiro atoms. The molecule has 1 N–H and O–H groups in total. The largest absolute Gasteiger partial charge is 0.497 e. The van der Waals surface area contributed by atoms with E-state index in [1.807, 2.05) is 92.2 Å². The van der Waals surface area contributed by atoms with E-state index in [1.54, 1.807) is 43.8 Å². The van der Waals surface area contributed by atoms with Gasteiger partial charge in [-0.1, -0.05) is 170 Å². The number of fused-ring (bicyclic) bond motifs is 2. The zero-order valence-electron chi connectivity index (χ0n) is 72.8. The summed E-state index contributed by atoms with van der Waals surface area (Å²) in [7, 11) is 10.5. The average Bonchev–Trinajstić information content (AvgIpc) is 1.67. The van der Waals surface area contributed by atoms with Crippen LogP contribution in [0.15, 0.2) is 201 Å². The van der Waals surface area contributed by atoms with Gasteiger partial charge in [-0.3, -0.25) is 14.9 Å². The van der Waals surface area contributed by atoms with Crippen molar-refractivity contribution in [2.45, 2.75) is 203 Å². The number of carbonyl (C=O) groups is 1. The smallest absolute Gasteiger partial charge is 0.335 e. The Morgan fingerprint density at radius 2 is 1.02 bits per heavy atom. The van der Waals surface area contributed by atoms with Crippen molar-refractivity contribution in [1.29, 1.82) is 0 Å². The van der Waals surface area contributed by atoms with Crippen molar-refractivity contribution in [1.82, 2.24) is 39.0 Å². The number of aryl methyl sites for hydroxylation is 9. The quantitative estimate of drug-likeness (QED) is 0.119. The van der Waals surface area contributed by atoms with Crippen LogP contribution in [-0.2, 0) is 49.8 Å². The lowest BCUT2D eigenvalue weighted by Gasteiger charge is -2.29. The van der Waals surface area contributed by atoms with E-state index in [9.17, 15) is 13.6 Å². The summed E-state index contributed by atoms with van der Waals surface area (Å²) >= 11 is 7.61. The Morgan fingerprint density at radius 3 is 1.49 bits per heavy atom. The molecular weight excluding hydrogens is 1470 g/mol. The van der Waals surface area contributed by atoms with E-state index in [0.29, 0.717) is 5.56 Å². The van der Waals surface area contributed by atoms with E-state index in [0.717, 1.165) is 106 Å². The number of hydrogen-bond donors (Lipinski definition) is 1. The second-order valence-electron chi connectivity index (χ2n) is 30.1. The molecule has 115 heavy (non-hydrogen) atoms. The number of likely N-dealkylation sites (tertiary alicyclic amines) is 4. The molecule has 9 heterocycles. The predicted molar refractivity (Wildman–Crippen MR) is 489 cm³/mol. The number of para-hydroxylation sites is 1. The number of benzene rings is 6. The second-order valence-corrected chi connectivity index (χ2v) is 31.8. The molecule has 15 rings (SSSR count). The first-order chi connectivity index (χ1) is 55.7. The number of pyridine rings is 2. The molecular formula is C99H143ClF2N8O4S. The number of thiophene rings is 1. The lowest BCUT2D eigenvalue weighted by Crippen LogP contribution is -2.37. The number of ether oxygens (including phenoxy) is 2. The van der Waals surface area contributed by atoms with Crippen LogP contribution in [0.3, 0.4) is 0 Å². The molecule has 630 valence electrons. The van der Waals surface area contributed by atoms with Gasteiger partial charge in [0.05, 0.1) is 30.9 Å². The van der Waals surface area contributed by atoms with E-state index in [2.05, 4.69) is 188 Å². The monoisotopic (exact) mass is 1610 g/mol. The first-order valence-electron chi connectivity index (χ1n) is 42.7. The third-order valence-electron chi connectivity index (χ3n) is 20.7. The van der Waals surface area contributed by atoms with Gasteiger partial charge in [-0.05, 0) is 326 Å².